The Morgan fingerprint density at radius 1 is 1.25 bits per heavy atom. The maximum Gasteiger partial charge on any atom is 0.422 e. The normalized spacial score (nSPS) is 19.0. The van der Waals surface area contributed by atoms with E-state index >= 15 is 0 Å². The second kappa shape index (κ2) is 11.1. The van der Waals surface area contributed by atoms with E-state index in [-0.39, 0.29) is 47.1 Å². The number of halogens is 4. The van der Waals surface area contributed by atoms with Crippen molar-refractivity contribution in [2.75, 3.05) is 31.2 Å². The van der Waals surface area contributed by atoms with Gasteiger partial charge in [-0.2, -0.15) is 13.2 Å². The quantitative estimate of drug-likeness (QED) is 0.319. The maximum atomic E-state index is 12.1. The van der Waals surface area contributed by atoms with E-state index in [1.165, 1.54) is 12.1 Å². The molecular weight excluding hydrogens is 510 g/mol. The van der Waals surface area contributed by atoms with Gasteiger partial charge in [-0.1, -0.05) is 12.1 Å². The van der Waals surface area contributed by atoms with E-state index in [1.54, 1.807) is 12.1 Å². The van der Waals surface area contributed by atoms with Crippen LogP contribution in [-0.2, 0) is 16.4 Å². The van der Waals surface area contributed by atoms with Crippen molar-refractivity contribution >= 4 is 39.8 Å². The van der Waals surface area contributed by atoms with Gasteiger partial charge in [0.1, 0.15) is 5.75 Å². The lowest BCUT2D eigenvalue weighted by atomic mass is 10.1. The second-order valence-electron chi connectivity index (χ2n) is 6.39. The summed E-state index contributed by atoms with van der Waals surface area (Å²) < 4.78 is 64.1. The highest BCUT2D eigenvalue weighted by molar-refractivity contribution is 14.0. The predicted octanol–water partition coefficient (Wildman–Crippen LogP) is 2.74. The molecule has 28 heavy (non-hydrogen) atoms. The van der Waals surface area contributed by atoms with Crippen LogP contribution in [0.5, 0.6) is 5.75 Å². The van der Waals surface area contributed by atoms with Gasteiger partial charge in [-0.05, 0) is 37.0 Å². The maximum absolute atomic E-state index is 12.1. The second-order valence-corrected chi connectivity index (χ2v) is 8.62. The third-order valence-corrected chi connectivity index (χ3v) is 5.81. The molecule has 1 fully saturated rings. The molecule has 2 rings (SSSR count). The van der Waals surface area contributed by atoms with Crippen molar-refractivity contribution in [3.8, 4) is 5.75 Å². The van der Waals surface area contributed by atoms with E-state index in [0.717, 1.165) is 5.56 Å². The third-order valence-electron chi connectivity index (χ3n) is 3.97. The lowest BCUT2D eigenvalue weighted by molar-refractivity contribution is -0.153. The van der Waals surface area contributed by atoms with Crippen LogP contribution in [0.15, 0.2) is 29.3 Å². The van der Waals surface area contributed by atoms with Crippen molar-refractivity contribution in [3.63, 3.8) is 0 Å². The molecule has 0 bridgehead atoms. The fourth-order valence-corrected chi connectivity index (χ4v) is 4.50. The lowest BCUT2D eigenvalue weighted by Gasteiger charge is -2.14. The molecule has 1 aromatic carbocycles. The number of rotatable bonds is 7. The molecule has 2 N–H and O–H groups in total. The number of hydrogen-bond donors (Lipinski definition) is 2. The summed E-state index contributed by atoms with van der Waals surface area (Å²) in [5, 5.41) is 6.23. The Bertz CT molecular complexity index is 740. The van der Waals surface area contributed by atoms with Crippen LogP contribution in [-0.4, -0.2) is 51.8 Å². The van der Waals surface area contributed by atoms with E-state index in [9.17, 15) is 21.6 Å². The number of alkyl halides is 3. The smallest absolute Gasteiger partial charge is 0.422 e. The SMILES string of the molecule is CCNC(=NCc1ccc(OCC(F)(F)F)cc1)NCC1CCS(=O)(=O)C1.I. The molecule has 0 spiro atoms. The van der Waals surface area contributed by atoms with E-state index in [2.05, 4.69) is 20.4 Å². The summed E-state index contributed by atoms with van der Waals surface area (Å²) in [6, 6.07) is 6.26. The number of sulfone groups is 1. The molecule has 1 atom stereocenters. The molecule has 160 valence electrons. The van der Waals surface area contributed by atoms with Crippen molar-refractivity contribution in [1.29, 1.82) is 0 Å². The first-order valence-corrected chi connectivity index (χ1v) is 10.5. The summed E-state index contributed by atoms with van der Waals surface area (Å²) in [6.07, 6.45) is -3.72. The first kappa shape index (κ1) is 24.8. The zero-order chi connectivity index (χ0) is 19.9. The number of aliphatic imine (C=N–C) groups is 1. The van der Waals surface area contributed by atoms with Crippen molar-refractivity contribution < 1.29 is 26.3 Å². The number of nitrogens with one attached hydrogen (secondary N) is 2. The van der Waals surface area contributed by atoms with Gasteiger partial charge in [0.2, 0.25) is 0 Å². The van der Waals surface area contributed by atoms with Crippen molar-refractivity contribution in [1.82, 2.24) is 10.6 Å². The zero-order valence-corrected chi connectivity index (χ0v) is 18.6. The molecule has 6 nitrogen and oxygen atoms in total. The lowest BCUT2D eigenvalue weighted by Crippen LogP contribution is -2.40. The predicted molar refractivity (Wildman–Crippen MR) is 113 cm³/mol. The molecule has 1 aliphatic heterocycles. The van der Waals surface area contributed by atoms with Gasteiger partial charge in [0.05, 0.1) is 18.1 Å². The Kier molecular flexibility index (Phi) is 9.81. The fourth-order valence-electron chi connectivity index (χ4n) is 2.64. The number of nitrogens with zero attached hydrogens (tertiary/aromatic N) is 1. The zero-order valence-electron chi connectivity index (χ0n) is 15.5. The minimum absolute atomic E-state index is 0. The fraction of sp³-hybridized carbons (Fsp3) is 0.588. The molecular formula is C17H25F3IN3O3S. The Labute approximate surface area is 180 Å². The van der Waals surface area contributed by atoms with Gasteiger partial charge in [-0.15, -0.1) is 24.0 Å². The Hall–Kier alpha value is -1.24. The molecule has 1 heterocycles. The Balaban J connectivity index is 0.00000392. The third kappa shape index (κ3) is 9.30. The standard InChI is InChI=1S/C17H24F3N3O3S.HI/c1-2-21-16(23-10-14-7-8-27(24,25)11-14)22-9-13-3-5-15(6-4-13)26-12-17(18,19)20;/h3-6,14H,2,7-12H2,1H3,(H2,21,22,23);1H. The molecule has 0 radical (unpaired) electrons. The first-order chi connectivity index (χ1) is 12.7. The molecule has 1 unspecified atom stereocenters. The molecule has 1 aromatic rings. The minimum Gasteiger partial charge on any atom is -0.484 e. The van der Waals surface area contributed by atoms with E-state index < -0.39 is 22.6 Å². The van der Waals surface area contributed by atoms with Crippen LogP contribution >= 0.6 is 24.0 Å². The van der Waals surface area contributed by atoms with Crippen LogP contribution in [0.4, 0.5) is 13.2 Å². The van der Waals surface area contributed by atoms with Crippen LogP contribution in [0.25, 0.3) is 0 Å². The summed E-state index contributed by atoms with van der Waals surface area (Å²) >= 11 is 0. The molecule has 1 aliphatic rings. The van der Waals surface area contributed by atoms with Crippen molar-refractivity contribution in [2.24, 2.45) is 10.9 Å². The van der Waals surface area contributed by atoms with E-state index in [4.69, 9.17) is 0 Å². The summed E-state index contributed by atoms with van der Waals surface area (Å²) in [6.45, 7) is 2.10. The molecule has 0 aliphatic carbocycles. The van der Waals surface area contributed by atoms with Crippen LogP contribution in [0.1, 0.15) is 18.9 Å². The van der Waals surface area contributed by atoms with Crippen molar-refractivity contribution in [2.45, 2.75) is 26.1 Å². The van der Waals surface area contributed by atoms with Gasteiger partial charge in [0, 0.05) is 13.1 Å². The highest BCUT2D eigenvalue weighted by Crippen LogP contribution is 2.19. The van der Waals surface area contributed by atoms with Crippen LogP contribution in [0.3, 0.4) is 0 Å². The first-order valence-electron chi connectivity index (χ1n) is 8.68. The van der Waals surface area contributed by atoms with Gasteiger partial charge < -0.3 is 15.4 Å². The average molecular weight is 535 g/mol. The molecule has 0 aromatic heterocycles. The largest absolute Gasteiger partial charge is 0.484 e. The summed E-state index contributed by atoms with van der Waals surface area (Å²) in [7, 11) is -2.91. The van der Waals surface area contributed by atoms with Gasteiger partial charge in [0.25, 0.3) is 0 Å². The topological polar surface area (TPSA) is 79.8 Å². The van der Waals surface area contributed by atoms with Crippen LogP contribution in [0, 0.1) is 5.92 Å². The number of guanidine groups is 1. The van der Waals surface area contributed by atoms with Gasteiger partial charge in [-0.3, -0.25) is 0 Å². The minimum atomic E-state index is -4.37. The molecule has 1 saturated heterocycles. The number of ether oxygens (including phenoxy) is 1. The monoisotopic (exact) mass is 535 g/mol. The number of benzene rings is 1. The number of hydrogen-bond acceptors (Lipinski definition) is 4. The van der Waals surface area contributed by atoms with E-state index in [0.29, 0.717) is 32.0 Å². The highest BCUT2D eigenvalue weighted by Gasteiger charge is 2.28. The molecule has 11 heteroatoms. The Morgan fingerprint density at radius 3 is 2.46 bits per heavy atom. The summed E-state index contributed by atoms with van der Waals surface area (Å²) in [4.78, 5) is 4.42. The van der Waals surface area contributed by atoms with Gasteiger partial charge in [-0.25, -0.2) is 13.4 Å². The Morgan fingerprint density at radius 2 is 1.93 bits per heavy atom. The molecule has 0 amide bonds. The molecule has 0 saturated carbocycles. The summed E-state index contributed by atoms with van der Waals surface area (Å²) in [5.74, 6) is 1.21. The van der Waals surface area contributed by atoms with E-state index in [1.807, 2.05) is 6.92 Å². The highest BCUT2D eigenvalue weighted by atomic mass is 127. The summed E-state index contributed by atoms with van der Waals surface area (Å²) in [5.41, 5.74) is 0.815. The van der Waals surface area contributed by atoms with Crippen LogP contribution < -0.4 is 15.4 Å². The van der Waals surface area contributed by atoms with Gasteiger partial charge >= 0.3 is 6.18 Å². The average Bonchev–Trinajstić information content (AvgIpc) is 2.95. The van der Waals surface area contributed by atoms with Gasteiger partial charge in [0.15, 0.2) is 22.4 Å². The van der Waals surface area contributed by atoms with Crippen molar-refractivity contribution in [3.05, 3.63) is 29.8 Å². The van der Waals surface area contributed by atoms with Crippen LogP contribution in [0.2, 0.25) is 0 Å².